The predicted molar refractivity (Wildman–Crippen MR) is 90.6 cm³/mol. The first-order chi connectivity index (χ1) is 9.44. The summed E-state index contributed by atoms with van der Waals surface area (Å²) in [5.74, 6) is 0. The molecular formula is C20H28. The van der Waals surface area contributed by atoms with Crippen LogP contribution in [0, 0.1) is 27.7 Å². The van der Waals surface area contributed by atoms with Crippen LogP contribution in [0.4, 0.5) is 0 Å². The van der Waals surface area contributed by atoms with Gasteiger partial charge in [0.1, 0.15) is 0 Å². The highest BCUT2D eigenvalue weighted by Crippen LogP contribution is 2.10. The Labute approximate surface area is 124 Å². The van der Waals surface area contributed by atoms with Gasteiger partial charge in [0.05, 0.1) is 0 Å². The monoisotopic (exact) mass is 268 g/mol. The highest BCUT2D eigenvalue weighted by Gasteiger charge is 1.94. The molecule has 0 atom stereocenters. The molecule has 20 heavy (non-hydrogen) atoms. The minimum Gasteiger partial charge on any atom is -0.0613 e. The first-order valence-electron chi connectivity index (χ1n) is 7.59. The summed E-state index contributed by atoms with van der Waals surface area (Å²) in [6, 6.07) is 13.4. The number of rotatable bonds is 2. The van der Waals surface area contributed by atoms with Gasteiger partial charge in [0.15, 0.2) is 0 Å². The van der Waals surface area contributed by atoms with Crippen molar-refractivity contribution in [1.29, 1.82) is 0 Å². The molecular weight excluding hydrogens is 240 g/mol. The van der Waals surface area contributed by atoms with Crippen LogP contribution >= 0.6 is 0 Å². The highest BCUT2D eigenvalue weighted by molar-refractivity contribution is 5.29. The van der Waals surface area contributed by atoms with Gasteiger partial charge in [-0.25, -0.2) is 0 Å². The second-order valence-corrected chi connectivity index (χ2v) is 5.70. The third-order valence-electron chi connectivity index (χ3n) is 3.38. The van der Waals surface area contributed by atoms with Crippen molar-refractivity contribution in [2.45, 2.75) is 54.4 Å². The van der Waals surface area contributed by atoms with Gasteiger partial charge in [-0.3, -0.25) is 0 Å². The predicted octanol–water partition coefficient (Wildman–Crippen LogP) is 5.73. The topological polar surface area (TPSA) is 0 Å². The van der Waals surface area contributed by atoms with Gasteiger partial charge in [-0.1, -0.05) is 72.5 Å². The highest BCUT2D eigenvalue weighted by atomic mass is 14.0. The van der Waals surface area contributed by atoms with Crippen molar-refractivity contribution >= 4 is 0 Å². The van der Waals surface area contributed by atoms with Gasteiger partial charge in [0, 0.05) is 0 Å². The van der Waals surface area contributed by atoms with E-state index in [0.717, 1.165) is 12.8 Å². The van der Waals surface area contributed by atoms with Crippen LogP contribution in [-0.2, 0) is 12.8 Å². The van der Waals surface area contributed by atoms with E-state index in [-0.39, 0.29) is 0 Å². The molecule has 0 N–H and O–H groups in total. The van der Waals surface area contributed by atoms with Crippen molar-refractivity contribution in [1.82, 2.24) is 0 Å². The summed E-state index contributed by atoms with van der Waals surface area (Å²) in [5, 5.41) is 0. The lowest BCUT2D eigenvalue weighted by Gasteiger charge is -2.02. The van der Waals surface area contributed by atoms with E-state index < -0.39 is 0 Å². The zero-order chi connectivity index (χ0) is 15.1. The van der Waals surface area contributed by atoms with E-state index in [2.05, 4.69) is 77.9 Å². The van der Waals surface area contributed by atoms with Crippen molar-refractivity contribution in [3.05, 3.63) is 69.8 Å². The fraction of sp³-hybridized carbons (Fsp3) is 0.400. The molecule has 2 aromatic carbocycles. The molecule has 0 spiro atoms. The van der Waals surface area contributed by atoms with E-state index >= 15 is 0 Å². The fourth-order valence-electron chi connectivity index (χ4n) is 2.56. The zero-order valence-corrected chi connectivity index (χ0v) is 13.9. The van der Waals surface area contributed by atoms with Gasteiger partial charge < -0.3 is 0 Å². The molecule has 0 radical (unpaired) electrons. The summed E-state index contributed by atoms with van der Waals surface area (Å²) in [7, 11) is 0. The van der Waals surface area contributed by atoms with Crippen LogP contribution in [0.5, 0.6) is 0 Å². The van der Waals surface area contributed by atoms with Crippen molar-refractivity contribution in [2.24, 2.45) is 0 Å². The number of benzene rings is 2. The van der Waals surface area contributed by atoms with Gasteiger partial charge in [0.2, 0.25) is 0 Å². The Bertz CT molecular complexity index is 477. The Hall–Kier alpha value is -1.56. The van der Waals surface area contributed by atoms with Crippen LogP contribution < -0.4 is 0 Å². The van der Waals surface area contributed by atoms with Crippen LogP contribution in [0.1, 0.15) is 47.2 Å². The maximum Gasteiger partial charge on any atom is -0.0307 e. The zero-order valence-electron chi connectivity index (χ0n) is 13.9. The molecule has 0 aliphatic carbocycles. The molecule has 0 fully saturated rings. The minimum atomic E-state index is 1.15. The fourth-order valence-corrected chi connectivity index (χ4v) is 2.56. The molecule has 0 heteroatoms. The van der Waals surface area contributed by atoms with Gasteiger partial charge in [-0.15, -0.1) is 0 Å². The molecule has 0 aliphatic rings. The molecule has 108 valence electrons. The summed E-state index contributed by atoms with van der Waals surface area (Å²) in [6.07, 6.45) is 2.30. The Balaban J connectivity index is 0.000000204. The van der Waals surface area contributed by atoms with Gasteiger partial charge in [-0.05, 0) is 51.7 Å². The van der Waals surface area contributed by atoms with Crippen LogP contribution in [0.2, 0.25) is 0 Å². The Morgan fingerprint density at radius 1 is 0.500 bits per heavy atom. The molecule has 0 unspecified atom stereocenters. The molecule has 2 rings (SSSR count). The molecule has 0 heterocycles. The van der Waals surface area contributed by atoms with E-state index in [9.17, 15) is 0 Å². The summed E-state index contributed by atoms with van der Waals surface area (Å²) < 4.78 is 0. The largest absolute Gasteiger partial charge is 0.0613 e. The average Bonchev–Trinajstić information content (AvgIpc) is 2.37. The molecule has 0 aromatic heterocycles. The third-order valence-corrected chi connectivity index (χ3v) is 3.38. The third kappa shape index (κ3) is 5.61. The van der Waals surface area contributed by atoms with E-state index in [4.69, 9.17) is 0 Å². The molecule has 0 saturated carbocycles. The van der Waals surface area contributed by atoms with E-state index in [1.54, 1.807) is 0 Å². The van der Waals surface area contributed by atoms with E-state index in [1.165, 1.54) is 33.4 Å². The molecule has 0 amide bonds. The van der Waals surface area contributed by atoms with Crippen LogP contribution in [0.15, 0.2) is 36.4 Å². The molecule has 0 nitrogen and oxygen atoms in total. The molecule has 2 aromatic rings. The second-order valence-electron chi connectivity index (χ2n) is 5.70. The summed E-state index contributed by atoms with van der Waals surface area (Å²) in [4.78, 5) is 0. The maximum atomic E-state index is 2.30. The first kappa shape index (κ1) is 16.5. The number of hydrogen-bond donors (Lipinski definition) is 0. The standard InChI is InChI=1S/C11H16.C9H12/c1-4-10-6-9(3)7-11(5-2)8-10;1-7-4-8(2)6-9(3)5-7/h6-8H,4-5H2,1-3H3;4-6H,1-3H3. The van der Waals surface area contributed by atoms with Gasteiger partial charge in [-0.2, -0.15) is 0 Å². The van der Waals surface area contributed by atoms with Crippen molar-refractivity contribution in [3.63, 3.8) is 0 Å². The molecule has 0 bridgehead atoms. The lowest BCUT2D eigenvalue weighted by atomic mass is 10.0. The SMILES string of the molecule is CCc1cc(C)cc(CC)c1.Cc1cc(C)cc(C)c1. The quantitative estimate of drug-likeness (QED) is 0.652. The number of aryl methyl sites for hydroxylation is 6. The summed E-state index contributed by atoms with van der Waals surface area (Å²) in [5.41, 5.74) is 8.37. The minimum absolute atomic E-state index is 1.15. The lowest BCUT2D eigenvalue weighted by Crippen LogP contribution is -1.87. The van der Waals surface area contributed by atoms with Crippen molar-refractivity contribution in [3.8, 4) is 0 Å². The second kappa shape index (κ2) is 7.89. The van der Waals surface area contributed by atoms with Crippen molar-refractivity contribution in [2.75, 3.05) is 0 Å². The van der Waals surface area contributed by atoms with E-state index in [1.807, 2.05) is 0 Å². The van der Waals surface area contributed by atoms with Gasteiger partial charge in [0.25, 0.3) is 0 Å². The lowest BCUT2D eigenvalue weighted by molar-refractivity contribution is 1.08. The van der Waals surface area contributed by atoms with Gasteiger partial charge >= 0.3 is 0 Å². The molecule has 0 saturated heterocycles. The average molecular weight is 268 g/mol. The molecule has 0 aliphatic heterocycles. The normalized spacial score (nSPS) is 9.90. The smallest absolute Gasteiger partial charge is 0.0307 e. The number of hydrogen-bond acceptors (Lipinski definition) is 0. The van der Waals surface area contributed by atoms with Crippen LogP contribution in [0.25, 0.3) is 0 Å². The Morgan fingerprint density at radius 3 is 1.10 bits per heavy atom. The summed E-state index contributed by atoms with van der Waals surface area (Å²) >= 11 is 0. The van der Waals surface area contributed by atoms with Crippen LogP contribution in [-0.4, -0.2) is 0 Å². The summed E-state index contributed by atoms with van der Waals surface area (Å²) in [6.45, 7) is 12.9. The van der Waals surface area contributed by atoms with Crippen LogP contribution in [0.3, 0.4) is 0 Å². The Morgan fingerprint density at radius 2 is 0.800 bits per heavy atom. The van der Waals surface area contributed by atoms with Crippen molar-refractivity contribution < 1.29 is 0 Å². The first-order valence-corrected chi connectivity index (χ1v) is 7.59. The maximum absolute atomic E-state index is 2.30. The Kier molecular flexibility index (Phi) is 6.51. The van der Waals surface area contributed by atoms with E-state index in [0.29, 0.717) is 0 Å².